The molecule has 1 heterocycles. The summed E-state index contributed by atoms with van der Waals surface area (Å²) in [6.07, 6.45) is 2.61. The lowest BCUT2D eigenvalue weighted by molar-refractivity contribution is 0.415. The topological polar surface area (TPSA) is 21.3 Å². The Hall–Kier alpha value is -0.830. The molecule has 1 atom stereocenters. The van der Waals surface area contributed by atoms with Gasteiger partial charge in [-0.15, -0.1) is 0 Å². The van der Waals surface area contributed by atoms with Crippen LogP contribution < -0.4 is 10.1 Å². The molecule has 1 aliphatic heterocycles. The average Bonchev–Trinajstić information content (AvgIpc) is 2.31. The van der Waals surface area contributed by atoms with Gasteiger partial charge in [0.25, 0.3) is 0 Å². The van der Waals surface area contributed by atoms with E-state index in [1.807, 2.05) is 23.9 Å². The fourth-order valence-corrected chi connectivity index (χ4v) is 2.88. The average molecular weight is 223 g/mol. The van der Waals surface area contributed by atoms with Crippen LogP contribution in [0.1, 0.15) is 12.8 Å². The van der Waals surface area contributed by atoms with Crippen molar-refractivity contribution in [2.45, 2.75) is 18.9 Å². The van der Waals surface area contributed by atoms with Gasteiger partial charge >= 0.3 is 0 Å². The van der Waals surface area contributed by atoms with E-state index in [0.717, 1.165) is 5.75 Å². The number of hydrogen-bond acceptors (Lipinski definition) is 3. The smallest absolute Gasteiger partial charge is 0.120 e. The molecule has 1 aromatic carbocycles. The Morgan fingerprint density at radius 3 is 3.13 bits per heavy atom. The maximum Gasteiger partial charge on any atom is 0.120 e. The van der Waals surface area contributed by atoms with Crippen molar-refractivity contribution in [1.29, 1.82) is 0 Å². The molecular weight excluding hydrogens is 206 g/mol. The van der Waals surface area contributed by atoms with Crippen molar-refractivity contribution in [2.75, 3.05) is 23.9 Å². The van der Waals surface area contributed by atoms with Gasteiger partial charge in [0.15, 0.2) is 0 Å². The van der Waals surface area contributed by atoms with Gasteiger partial charge in [-0.25, -0.2) is 0 Å². The Balaban J connectivity index is 1.96. The zero-order valence-electron chi connectivity index (χ0n) is 9.03. The molecule has 82 valence electrons. The molecule has 1 aliphatic rings. The summed E-state index contributed by atoms with van der Waals surface area (Å²) in [6.45, 7) is 0. The van der Waals surface area contributed by atoms with Crippen LogP contribution in [0.4, 0.5) is 5.69 Å². The van der Waals surface area contributed by atoms with Gasteiger partial charge in [-0.2, -0.15) is 11.8 Å². The van der Waals surface area contributed by atoms with E-state index in [1.54, 1.807) is 7.11 Å². The minimum absolute atomic E-state index is 0.621. The fraction of sp³-hybridized carbons (Fsp3) is 0.500. The summed E-state index contributed by atoms with van der Waals surface area (Å²) < 4.78 is 5.20. The lowest BCUT2D eigenvalue weighted by Gasteiger charge is -2.23. The minimum atomic E-state index is 0.621. The number of nitrogens with one attached hydrogen (secondary N) is 1. The molecule has 1 aromatic rings. The predicted octanol–water partition coefficient (Wildman–Crippen LogP) is 3.00. The Bertz CT molecular complexity index is 310. The zero-order valence-corrected chi connectivity index (χ0v) is 9.85. The fourth-order valence-electron chi connectivity index (χ4n) is 1.80. The number of rotatable bonds is 3. The summed E-state index contributed by atoms with van der Waals surface area (Å²) in [5.74, 6) is 3.46. The van der Waals surface area contributed by atoms with E-state index in [4.69, 9.17) is 4.74 Å². The highest BCUT2D eigenvalue weighted by Gasteiger charge is 2.13. The van der Waals surface area contributed by atoms with Crippen molar-refractivity contribution in [3.63, 3.8) is 0 Å². The maximum atomic E-state index is 5.20. The van der Waals surface area contributed by atoms with E-state index in [2.05, 4.69) is 17.4 Å². The van der Waals surface area contributed by atoms with Gasteiger partial charge in [0.05, 0.1) is 7.11 Å². The van der Waals surface area contributed by atoms with Gasteiger partial charge in [0.1, 0.15) is 5.75 Å². The Morgan fingerprint density at radius 2 is 2.40 bits per heavy atom. The van der Waals surface area contributed by atoms with Crippen molar-refractivity contribution < 1.29 is 4.74 Å². The summed E-state index contributed by atoms with van der Waals surface area (Å²) in [4.78, 5) is 0. The second kappa shape index (κ2) is 5.31. The Kier molecular flexibility index (Phi) is 3.78. The Morgan fingerprint density at radius 1 is 1.47 bits per heavy atom. The van der Waals surface area contributed by atoms with Crippen molar-refractivity contribution in [3.8, 4) is 5.75 Å². The first kappa shape index (κ1) is 10.7. The van der Waals surface area contributed by atoms with Crippen LogP contribution in [-0.4, -0.2) is 24.7 Å². The molecule has 3 heteroatoms. The normalized spacial score (nSPS) is 21.0. The second-order valence-corrected chi connectivity index (χ2v) is 4.94. The standard InChI is InChI=1S/C12H17NOS/c1-14-12-6-2-4-10(8-12)13-11-5-3-7-15-9-11/h2,4,6,8,11,13H,3,5,7,9H2,1H3. The minimum Gasteiger partial charge on any atom is -0.497 e. The molecule has 0 spiro atoms. The molecule has 2 nitrogen and oxygen atoms in total. The highest BCUT2D eigenvalue weighted by Crippen LogP contribution is 2.23. The van der Waals surface area contributed by atoms with Crippen LogP contribution in [0.3, 0.4) is 0 Å². The highest BCUT2D eigenvalue weighted by atomic mass is 32.2. The van der Waals surface area contributed by atoms with E-state index in [1.165, 1.54) is 30.0 Å². The van der Waals surface area contributed by atoms with Crippen LogP contribution in [0.15, 0.2) is 24.3 Å². The van der Waals surface area contributed by atoms with E-state index in [9.17, 15) is 0 Å². The van der Waals surface area contributed by atoms with Gasteiger partial charge in [-0.05, 0) is 30.7 Å². The molecule has 0 bridgehead atoms. The summed E-state index contributed by atoms with van der Waals surface area (Å²) in [5, 5.41) is 3.55. The molecule has 1 saturated heterocycles. The summed E-state index contributed by atoms with van der Waals surface area (Å²) in [6, 6.07) is 8.77. The van der Waals surface area contributed by atoms with E-state index in [0.29, 0.717) is 6.04 Å². The molecule has 1 fully saturated rings. The van der Waals surface area contributed by atoms with E-state index < -0.39 is 0 Å². The number of anilines is 1. The first-order valence-electron chi connectivity index (χ1n) is 5.37. The number of methoxy groups -OCH3 is 1. The first-order chi connectivity index (χ1) is 7.38. The van der Waals surface area contributed by atoms with Gasteiger partial charge < -0.3 is 10.1 Å². The molecule has 0 aromatic heterocycles. The number of benzene rings is 1. The van der Waals surface area contributed by atoms with Crippen LogP contribution in [0.2, 0.25) is 0 Å². The Labute approximate surface area is 95.4 Å². The SMILES string of the molecule is COc1cccc(NC2CCCSC2)c1. The van der Waals surface area contributed by atoms with Crippen LogP contribution in [0, 0.1) is 0 Å². The molecular formula is C12H17NOS. The lowest BCUT2D eigenvalue weighted by Crippen LogP contribution is -2.25. The van der Waals surface area contributed by atoms with Crippen molar-refractivity contribution in [2.24, 2.45) is 0 Å². The molecule has 15 heavy (non-hydrogen) atoms. The van der Waals surface area contributed by atoms with Crippen molar-refractivity contribution >= 4 is 17.4 Å². The van der Waals surface area contributed by atoms with E-state index >= 15 is 0 Å². The van der Waals surface area contributed by atoms with Crippen molar-refractivity contribution in [1.82, 2.24) is 0 Å². The third-order valence-electron chi connectivity index (χ3n) is 2.60. The molecule has 0 amide bonds. The summed E-state index contributed by atoms with van der Waals surface area (Å²) >= 11 is 2.04. The number of hydrogen-bond donors (Lipinski definition) is 1. The van der Waals surface area contributed by atoms with E-state index in [-0.39, 0.29) is 0 Å². The van der Waals surface area contributed by atoms with Crippen molar-refractivity contribution in [3.05, 3.63) is 24.3 Å². The molecule has 0 saturated carbocycles. The number of thioether (sulfide) groups is 1. The van der Waals surface area contributed by atoms with Gasteiger partial charge in [-0.1, -0.05) is 6.07 Å². The monoisotopic (exact) mass is 223 g/mol. The predicted molar refractivity (Wildman–Crippen MR) is 67.0 cm³/mol. The van der Waals surface area contributed by atoms with Crippen LogP contribution in [0.5, 0.6) is 5.75 Å². The van der Waals surface area contributed by atoms with Crippen LogP contribution in [-0.2, 0) is 0 Å². The third-order valence-corrected chi connectivity index (χ3v) is 3.82. The molecule has 0 radical (unpaired) electrons. The van der Waals surface area contributed by atoms with Crippen LogP contribution >= 0.6 is 11.8 Å². The summed E-state index contributed by atoms with van der Waals surface area (Å²) in [5.41, 5.74) is 1.17. The molecule has 1 N–H and O–H groups in total. The first-order valence-corrected chi connectivity index (χ1v) is 6.52. The van der Waals surface area contributed by atoms with Gasteiger partial charge in [-0.3, -0.25) is 0 Å². The third kappa shape index (κ3) is 3.06. The van der Waals surface area contributed by atoms with Crippen LogP contribution in [0.25, 0.3) is 0 Å². The second-order valence-electron chi connectivity index (χ2n) is 3.79. The lowest BCUT2D eigenvalue weighted by atomic mass is 10.1. The zero-order chi connectivity index (χ0) is 10.5. The summed E-state index contributed by atoms with van der Waals surface area (Å²) in [7, 11) is 1.70. The van der Waals surface area contributed by atoms with Gasteiger partial charge in [0.2, 0.25) is 0 Å². The molecule has 1 unspecified atom stereocenters. The highest BCUT2D eigenvalue weighted by molar-refractivity contribution is 7.99. The molecule has 2 rings (SSSR count). The number of ether oxygens (including phenoxy) is 1. The maximum absolute atomic E-state index is 5.20. The largest absolute Gasteiger partial charge is 0.497 e. The molecule has 0 aliphatic carbocycles. The quantitative estimate of drug-likeness (QED) is 0.851. The van der Waals surface area contributed by atoms with Gasteiger partial charge in [0, 0.05) is 23.5 Å².